The molecule has 0 saturated carbocycles. The second kappa shape index (κ2) is 3.64. The van der Waals surface area contributed by atoms with Crippen LogP contribution >= 0.6 is 0 Å². The van der Waals surface area contributed by atoms with Crippen LogP contribution in [0.25, 0.3) is 0 Å². The Balaban J connectivity index is 2.88. The molecule has 4 nitrogen and oxygen atoms in total. The van der Waals surface area contributed by atoms with Crippen LogP contribution in [0, 0.1) is 11.3 Å². The van der Waals surface area contributed by atoms with Gasteiger partial charge in [-0.15, -0.1) is 0 Å². The summed E-state index contributed by atoms with van der Waals surface area (Å²) < 4.78 is 24.8. The van der Waals surface area contributed by atoms with E-state index in [0.29, 0.717) is 6.54 Å². The zero-order valence-electron chi connectivity index (χ0n) is 7.90. The first kappa shape index (κ1) is 10.5. The molecule has 0 N–H and O–H groups in total. The lowest BCUT2D eigenvalue weighted by molar-refractivity contribution is 0.406. The largest absolute Gasteiger partial charge is 0.230 e. The maximum Gasteiger partial charge on any atom is 0.230 e. The highest BCUT2D eigenvalue weighted by Crippen LogP contribution is 2.22. The van der Waals surface area contributed by atoms with E-state index in [1.165, 1.54) is 11.2 Å². The minimum Gasteiger partial charge on any atom is -0.211 e. The molecule has 0 amide bonds. The van der Waals surface area contributed by atoms with Gasteiger partial charge in [-0.3, -0.25) is 0 Å². The van der Waals surface area contributed by atoms with Crippen molar-refractivity contribution >= 4 is 10.0 Å². The first-order valence-electron chi connectivity index (χ1n) is 4.40. The molecule has 5 heteroatoms. The van der Waals surface area contributed by atoms with E-state index in [2.05, 4.69) is 0 Å². The summed E-state index contributed by atoms with van der Waals surface area (Å²) in [6, 6.07) is 1.83. The monoisotopic (exact) mass is 202 g/mol. The van der Waals surface area contributed by atoms with Crippen molar-refractivity contribution in [3.63, 3.8) is 0 Å². The summed E-state index contributed by atoms with van der Waals surface area (Å²) in [5.74, 6) is 0. The Morgan fingerprint density at radius 1 is 1.62 bits per heavy atom. The Labute approximate surface area is 79.2 Å². The molecule has 74 valence electrons. The third-order valence-electron chi connectivity index (χ3n) is 2.45. The van der Waals surface area contributed by atoms with Crippen LogP contribution in [0.15, 0.2) is 0 Å². The van der Waals surface area contributed by atoms with Crippen molar-refractivity contribution in [3.8, 4) is 6.07 Å². The van der Waals surface area contributed by atoms with E-state index in [0.717, 1.165) is 12.8 Å². The summed E-state index contributed by atoms with van der Waals surface area (Å²) in [4.78, 5) is 0. The second-order valence-corrected chi connectivity index (χ2v) is 5.62. The third-order valence-corrected chi connectivity index (χ3v) is 4.64. The van der Waals surface area contributed by atoms with E-state index >= 15 is 0 Å². The van der Waals surface area contributed by atoms with E-state index in [-0.39, 0.29) is 6.04 Å². The van der Waals surface area contributed by atoms with Gasteiger partial charge in [-0.1, -0.05) is 0 Å². The summed E-state index contributed by atoms with van der Waals surface area (Å²) in [6.07, 6.45) is 1.80. The summed E-state index contributed by atoms with van der Waals surface area (Å²) in [5.41, 5.74) is 0. The maximum absolute atomic E-state index is 11.7. The Bertz CT molecular complexity index is 318. The molecule has 1 fully saturated rings. The van der Waals surface area contributed by atoms with Crippen LogP contribution in [-0.4, -0.2) is 30.6 Å². The van der Waals surface area contributed by atoms with Gasteiger partial charge in [-0.25, -0.2) is 8.42 Å². The molecule has 0 spiro atoms. The number of nitrogens with zero attached hydrogens (tertiary/aromatic N) is 2. The van der Waals surface area contributed by atoms with Gasteiger partial charge in [0.1, 0.15) is 0 Å². The van der Waals surface area contributed by atoms with Crippen molar-refractivity contribution in [2.45, 2.75) is 38.0 Å². The quantitative estimate of drug-likeness (QED) is 0.662. The minimum atomic E-state index is -3.37. The first-order chi connectivity index (χ1) is 6.00. The minimum absolute atomic E-state index is 0.0563. The van der Waals surface area contributed by atoms with E-state index in [1.54, 1.807) is 6.07 Å². The van der Waals surface area contributed by atoms with Crippen molar-refractivity contribution in [2.75, 3.05) is 6.54 Å². The fourth-order valence-electron chi connectivity index (χ4n) is 1.55. The fourth-order valence-corrected chi connectivity index (χ4v) is 3.08. The van der Waals surface area contributed by atoms with E-state index < -0.39 is 15.3 Å². The standard InChI is InChI=1S/C8H14N2O2S/c1-7-4-3-5-10(7)13(11,12)8(2)6-9/h7-8H,3-5H2,1-2H3. The fraction of sp³-hybridized carbons (Fsp3) is 0.875. The van der Waals surface area contributed by atoms with Crippen LogP contribution in [-0.2, 0) is 10.0 Å². The van der Waals surface area contributed by atoms with Crippen LogP contribution in [0.3, 0.4) is 0 Å². The van der Waals surface area contributed by atoms with Gasteiger partial charge < -0.3 is 0 Å². The molecule has 0 aromatic heterocycles. The van der Waals surface area contributed by atoms with Crippen molar-refractivity contribution in [1.29, 1.82) is 5.26 Å². The Morgan fingerprint density at radius 3 is 2.62 bits per heavy atom. The lowest BCUT2D eigenvalue weighted by Gasteiger charge is -2.21. The third kappa shape index (κ3) is 1.84. The van der Waals surface area contributed by atoms with Gasteiger partial charge in [0.15, 0.2) is 5.25 Å². The smallest absolute Gasteiger partial charge is 0.211 e. The normalized spacial score (nSPS) is 27.0. The molecular formula is C8H14N2O2S. The summed E-state index contributed by atoms with van der Waals surface area (Å²) in [6.45, 7) is 3.88. The van der Waals surface area contributed by atoms with Gasteiger partial charge in [0.05, 0.1) is 6.07 Å². The molecule has 1 aliphatic heterocycles. The number of hydrogen-bond donors (Lipinski definition) is 0. The summed E-state index contributed by atoms with van der Waals surface area (Å²) in [7, 11) is -3.37. The molecule has 1 aliphatic rings. The number of nitriles is 1. The zero-order valence-corrected chi connectivity index (χ0v) is 8.71. The van der Waals surface area contributed by atoms with Gasteiger partial charge in [-0.05, 0) is 26.7 Å². The molecular weight excluding hydrogens is 188 g/mol. The summed E-state index contributed by atoms with van der Waals surface area (Å²) in [5, 5.41) is 7.64. The molecule has 0 aliphatic carbocycles. The second-order valence-electron chi connectivity index (χ2n) is 3.42. The van der Waals surface area contributed by atoms with Crippen LogP contribution in [0.2, 0.25) is 0 Å². The van der Waals surface area contributed by atoms with Crippen molar-refractivity contribution < 1.29 is 8.42 Å². The number of rotatable bonds is 2. The average Bonchev–Trinajstić information content (AvgIpc) is 2.50. The number of hydrogen-bond acceptors (Lipinski definition) is 3. The van der Waals surface area contributed by atoms with Gasteiger partial charge >= 0.3 is 0 Å². The molecule has 0 radical (unpaired) electrons. The predicted octanol–water partition coefficient (Wildman–Crippen LogP) is 0.713. The molecule has 1 rings (SSSR count). The van der Waals surface area contributed by atoms with E-state index in [1.807, 2.05) is 6.92 Å². The Morgan fingerprint density at radius 2 is 2.23 bits per heavy atom. The van der Waals surface area contributed by atoms with Crippen LogP contribution < -0.4 is 0 Å². The zero-order chi connectivity index (χ0) is 10.1. The maximum atomic E-state index is 11.7. The van der Waals surface area contributed by atoms with E-state index in [4.69, 9.17) is 5.26 Å². The lowest BCUT2D eigenvalue weighted by Crippen LogP contribution is -2.38. The lowest BCUT2D eigenvalue weighted by atomic mass is 10.3. The molecule has 2 unspecified atom stereocenters. The predicted molar refractivity (Wildman–Crippen MR) is 49.4 cm³/mol. The first-order valence-corrected chi connectivity index (χ1v) is 5.90. The number of sulfonamides is 1. The highest BCUT2D eigenvalue weighted by atomic mass is 32.2. The van der Waals surface area contributed by atoms with Crippen LogP contribution in [0.4, 0.5) is 0 Å². The molecule has 1 heterocycles. The molecule has 0 bridgehead atoms. The molecule has 2 atom stereocenters. The van der Waals surface area contributed by atoms with Crippen LogP contribution in [0.1, 0.15) is 26.7 Å². The van der Waals surface area contributed by atoms with E-state index in [9.17, 15) is 8.42 Å². The Hall–Kier alpha value is -0.600. The van der Waals surface area contributed by atoms with Crippen molar-refractivity contribution in [1.82, 2.24) is 4.31 Å². The van der Waals surface area contributed by atoms with Crippen molar-refractivity contribution in [3.05, 3.63) is 0 Å². The topological polar surface area (TPSA) is 61.2 Å². The molecule has 0 aromatic carbocycles. The Kier molecular flexibility index (Phi) is 2.94. The molecule has 13 heavy (non-hydrogen) atoms. The molecule has 0 aromatic rings. The highest BCUT2D eigenvalue weighted by molar-refractivity contribution is 7.90. The van der Waals surface area contributed by atoms with Crippen molar-refractivity contribution in [2.24, 2.45) is 0 Å². The van der Waals surface area contributed by atoms with Gasteiger partial charge in [0, 0.05) is 12.6 Å². The van der Waals surface area contributed by atoms with Crippen LogP contribution in [0.5, 0.6) is 0 Å². The highest BCUT2D eigenvalue weighted by Gasteiger charge is 2.35. The molecule has 1 saturated heterocycles. The van der Waals surface area contributed by atoms with Gasteiger partial charge in [0.25, 0.3) is 0 Å². The summed E-state index contributed by atoms with van der Waals surface area (Å²) >= 11 is 0. The van der Waals surface area contributed by atoms with Gasteiger partial charge in [-0.2, -0.15) is 9.57 Å². The SMILES string of the molecule is CC1CCCN1S(=O)(=O)C(C)C#N. The van der Waals surface area contributed by atoms with Gasteiger partial charge in [0.2, 0.25) is 10.0 Å². The average molecular weight is 202 g/mol.